The third-order valence-corrected chi connectivity index (χ3v) is 2.95. The summed E-state index contributed by atoms with van der Waals surface area (Å²) in [7, 11) is 0. The molecule has 0 unspecified atom stereocenters. The maximum atomic E-state index is 12.8. The van der Waals surface area contributed by atoms with Gasteiger partial charge in [0, 0.05) is 6.04 Å². The van der Waals surface area contributed by atoms with Crippen LogP contribution in [0.5, 0.6) is 0 Å². The number of rotatable bonds is 3. The van der Waals surface area contributed by atoms with E-state index in [-0.39, 0.29) is 17.4 Å². The Hall–Kier alpha value is -2.38. The maximum absolute atomic E-state index is 12.8. The van der Waals surface area contributed by atoms with Crippen LogP contribution in [0.4, 0.5) is 13.2 Å². The second-order valence-electron chi connectivity index (χ2n) is 5.11. The molecule has 2 rings (SSSR count). The van der Waals surface area contributed by atoms with Crippen LogP contribution >= 0.6 is 0 Å². The lowest BCUT2D eigenvalue weighted by Crippen LogP contribution is -2.30. The predicted octanol–water partition coefficient (Wildman–Crippen LogP) is 2.73. The largest absolute Gasteiger partial charge is 0.416 e. The molecular formula is C14H15F3N4O. The minimum atomic E-state index is -4.44. The van der Waals surface area contributed by atoms with Crippen molar-refractivity contribution in [3.8, 4) is 5.69 Å². The minimum Gasteiger partial charge on any atom is -0.348 e. The highest BCUT2D eigenvalue weighted by molar-refractivity contribution is 5.93. The van der Waals surface area contributed by atoms with E-state index >= 15 is 0 Å². The Labute approximate surface area is 125 Å². The summed E-state index contributed by atoms with van der Waals surface area (Å²) in [6.45, 7) is 5.17. The molecule has 8 heteroatoms. The van der Waals surface area contributed by atoms with Crippen LogP contribution in [-0.4, -0.2) is 26.9 Å². The number of amides is 1. The van der Waals surface area contributed by atoms with Crippen LogP contribution in [0.3, 0.4) is 0 Å². The van der Waals surface area contributed by atoms with Crippen LogP contribution in [-0.2, 0) is 6.18 Å². The van der Waals surface area contributed by atoms with E-state index in [1.54, 1.807) is 20.8 Å². The maximum Gasteiger partial charge on any atom is 0.416 e. The average Bonchev–Trinajstić information content (AvgIpc) is 2.79. The van der Waals surface area contributed by atoms with E-state index in [2.05, 4.69) is 15.6 Å². The number of aromatic nitrogens is 3. The number of carbonyl (C=O) groups excluding carboxylic acids is 1. The molecule has 118 valence electrons. The van der Waals surface area contributed by atoms with Crippen molar-refractivity contribution in [3.63, 3.8) is 0 Å². The van der Waals surface area contributed by atoms with Gasteiger partial charge in [0.15, 0.2) is 5.69 Å². The minimum absolute atomic E-state index is 0.0781. The normalized spacial score (nSPS) is 11.8. The highest BCUT2D eigenvalue weighted by atomic mass is 19.4. The molecule has 0 radical (unpaired) electrons. The molecule has 0 aliphatic carbocycles. The van der Waals surface area contributed by atoms with Crippen molar-refractivity contribution in [1.29, 1.82) is 0 Å². The summed E-state index contributed by atoms with van der Waals surface area (Å²) in [5, 5.41) is 10.2. The van der Waals surface area contributed by atoms with E-state index < -0.39 is 17.6 Å². The van der Waals surface area contributed by atoms with E-state index in [0.717, 1.165) is 12.1 Å². The van der Waals surface area contributed by atoms with Crippen molar-refractivity contribution < 1.29 is 18.0 Å². The molecule has 0 saturated carbocycles. The molecule has 0 fully saturated rings. The van der Waals surface area contributed by atoms with Gasteiger partial charge in [-0.25, -0.2) is 4.68 Å². The van der Waals surface area contributed by atoms with Crippen molar-refractivity contribution >= 4 is 5.91 Å². The fourth-order valence-corrected chi connectivity index (χ4v) is 1.93. The summed E-state index contributed by atoms with van der Waals surface area (Å²) < 4.78 is 39.5. The molecule has 22 heavy (non-hydrogen) atoms. The zero-order chi connectivity index (χ0) is 16.5. The number of nitrogens with zero attached hydrogens (tertiary/aromatic N) is 3. The molecule has 0 bridgehead atoms. The molecule has 1 aromatic heterocycles. The molecule has 5 nitrogen and oxygen atoms in total. The fraction of sp³-hybridized carbons (Fsp3) is 0.357. The van der Waals surface area contributed by atoms with Crippen molar-refractivity contribution in [3.05, 3.63) is 41.2 Å². The van der Waals surface area contributed by atoms with Crippen molar-refractivity contribution in [2.24, 2.45) is 0 Å². The monoisotopic (exact) mass is 312 g/mol. The number of benzene rings is 1. The Morgan fingerprint density at radius 1 is 1.32 bits per heavy atom. The quantitative estimate of drug-likeness (QED) is 0.948. The molecule has 0 spiro atoms. The molecule has 0 atom stereocenters. The Morgan fingerprint density at radius 2 is 2.00 bits per heavy atom. The molecule has 1 amide bonds. The van der Waals surface area contributed by atoms with Gasteiger partial charge < -0.3 is 5.32 Å². The first kappa shape index (κ1) is 16.0. The highest BCUT2D eigenvalue weighted by Crippen LogP contribution is 2.30. The number of halogens is 3. The molecule has 1 N–H and O–H groups in total. The van der Waals surface area contributed by atoms with Crippen LogP contribution in [0.2, 0.25) is 0 Å². The zero-order valence-corrected chi connectivity index (χ0v) is 12.3. The summed E-state index contributed by atoms with van der Waals surface area (Å²) in [6.07, 6.45) is -4.44. The number of hydrogen-bond donors (Lipinski definition) is 1. The van der Waals surface area contributed by atoms with Gasteiger partial charge in [0.1, 0.15) is 0 Å². The van der Waals surface area contributed by atoms with Crippen LogP contribution in [0, 0.1) is 6.92 Å². The molecule has 2 aromatic rings. The van der Waals surface area contributed by atoms with Gasteiger partial charge in [0.05, 0.1) is 16.9 Å². The predicted molar refractivity (Wildman–Crippen MR) is 73.7 cm³/mol. The molecule has 1 heterocycles. The van der Waals surface area contributed by atoms with E-state index in [4.69, 9.17) is 0 Å². The Kier molecular flexibility index (Phi) is 4.20. The molecule has 0 aliphatic heterocycles. The lowest BCUT2D eigenvalue weighted by atomic mass is 10.2. The number of hydrogen-bond acceptors (Lipinski definition) is 3. The van der Waals surface area contributed by atoms with E-state index in [1.165, 1.54) is 16.8 Å². The second-order valence-corrected chi connectivity index (χ2v) is 5.11. The standard InChI is InChI=1S/C14H15F3N4O/c1-8(2)18-13(22)12-9(3)21(20-19-12)11-6-4-5-10(7-11)14(15,16)17/h4-8H,1-3H3,(H,18,22). The lowest BCUT2D eigenvalue weighted by Gasteiger charge is -2.10. The van der Waals surface area contributed by atoms with Gasteiger partial charge in [-0.3, -0.25) is 4.79 Å². The van der Waals surface area contributed by atoms with Gasteiger partial charge in [-0.1, -0.05) is 11.3 Å². The van der Waals surface area contributed by atoms with Crippen molar-refractivity contribution in [1.82, 2.24) is 20.3 Å². The summed E-state index contributed by atoms with van der Waals surface area (Å²) in [5.41, 5.74) is -0.125. The molecule has 0 aliphatic rings. The topological polar surface area (TPSA) is 59.8 Å². The summed E-state index contributed by atoms with van der Waals surface area (Å²) in [5.74, 6) is -0.411. The third-order valence-electron chi connectivity index (χ3n) is 2.95. The van der Waals surface area contributed by atoms with Gasteiger partial charge in [-0.2, -0.15) is 13.2 Å². The van der Waals surface area contributed by atoms with E-state index in [9.17, 15) is 18.0 Å². The number of carbonyl (C=O) groups is 1. The van der Waals surface area contributed by atoms with Gasteiger partial charge in [0.2, 0.25) is 0 Å². The van der Waals surface area contributed by atoms with Crippen molar-refractivity contribution in [2.75, 3.05) is 0 Å². The fourth-order valence-electron chi connectivity index (χ4n) is 1.93. The van der Waals surface area contributed by atoms with Crippen molar-refractivity contribution in [2.45, 2.75) is 33.0 Å². The van der Waals surface area contributed by atoms with Gasteiger partial charge in [0.25, 0.3) is 5.91 Å². The smallest absolute Gasteiger partial charge is 0.348 e. The first-order valence-corrected chi connectivity index (χ1v) is 6.61. The first-order valence-electron chi connectivity index (χ1n) is 6.61. The average molecular weight is 312 g/mol. The summed E-state index contributed by atoms with van der Waals surface area (Å²) in [4.78, 5) is 11.9. The summed E-state index contributed by atoms with van der Waals surface area (Å²) in [6, 6.07) is 4.62. The number of nitrogens with one attached hydrogen (secondary N) is 1. The van der Waals surface area contributed by atoms with Gasteiger partial charge in [-0.15, -0.1) is 5.10 Å². The highest BCUT2D eigenvalue weighted by Gasteiger charge is 2.31. The zero-order valence-electron chi connectivity index (χ0n) is 12.3. The lowest BCUT2D eigenvalue weighted by molar-refractivity contribution is -0.137. The molecule has 0 saturated heterocycles. The number of alkyl halides is 3. The Bertz CT molecular complexity index is 692. The van der Waals surface area contributed by atoms with Gasteiger partial charge >= 0.3 is 6.18 Å². The van der Waals surface area contributed by atoms with Crippen LogP contribution < -0.4 is 5.32 Å². The van der Waals surface area contributed by atoms with Crippen LogP contribution in [0.25, 0.3) is 5.69 Å². The third kappa shape index (κ3) is 3.26. The SMILES string of the molecule is Cc1c(C(=O)NC(C)C)nnn1-c1cccc(C(F)(F)F)c1. The Balaban J connectivity index is 2.39. The Morgan fingerprint density at radius 3 is 2.59 bits per heavy atom. The first-order chi connectivity index (χ1) is 10.2. The van der Waals surface area contributed by atoms with E-state index in [0.29, 0.717) is 5.69 Å². The molecule has 1 aromatic carbocycles. The molecular weight excluding hydrogens is 297 g/mol. The second kappa shape index (κ2) is 5.78. The van der Waals surface area contributed by atoms with E-state index in [1.807, 2.05) is 0 Å². The van der Waals surface area contributed by atoms with Crippen LogP contribution in [0.1, 0.15) is 35.6 Å². The van der Waals surface area contributed by atoms with Gasteiger partial charge in [-0.05, 0) is 39.0 Å². The summed E-state index contributed by atoms with van der Waals surface area (Å²) >= 11 is 0. The van der Waals surface area contributed by atoms with Crippen LogP contribution in [0.15, 0.2) is 24.3 Å².